The molecule has 2 aliphatic heterocycles. The minimum Gasteiger partial charge on any atom is -0.493 e. The van der Waals surface area contributed by atoms with Crippen molar-refractivity contribution in [2.45, 2.75) is 24.2 Å². The zero-order valence-corrected chi connectivity index (χ0v) is 15.1. The summed E-state index contributed by atoms with van der Waals surface area (Å²) in [5.74, 6) is 0.482. The number of nitrogens with zero attached hydrogens (tertiary/aromatic N) is 1. The molecule has 0 saturated carbocycles. The summed E-state index contributed by atoms with van der Waals surface area (Å²) < 4.78 is 32.9. The van der Waals surface area contributed by atoms with Gasteiger partial charge in [0, 0.05) is 18.7 Å². The second kappa shape index (κ2) is 6.74. The third kappa shape index (κ3) is 3.20. The highest BCUT2D eigenvalue weighted by molar-refractivity contribution is 7.89. The van der Waals surface area contributed by atoms with Gasteiger partial charge in [0.15, 0.2) is 0 Å². The Morgan fingerprint density at radius 3 is 2.85 bits per heavy atom. The minimum atomic E-state index is -3.75. The molecular formula is C19H20N2O4S. The summed E-state index contributed by atoms with van der Waals surface area (Å²) in [4.78, 5) is 14.4. The zero-order chi connectivity index (χ0) is 18.1. The number of para-hydroxylation sites is 1. The van der Waals surface area contributed by atoms with E-state index in [9.17, 15) is 13.2 Å². The Balaban J connectivity index is 1.48. The first kappa shape index (κ1) is 17.1. The number of ether oxygens (including phenoxy) is 1. The summed E-state index contributed by atoms with van der Waals surface area (Å²) in [7, 11) is -3.75. The Morgan fingerprint density at radius 2 is 1.96 bits per heavy atom. The van der Waals surface area contributed by atoms with Crippen molar-refractivity contribution in [3.8, 4) is 5.75 Å². The molecule has 0 aliphatic carbocycles. The SMILES string of the molecule is O=C(CNS(=O)(=O)c1ccc2c(c1)CCO2)N1CCCc2ccccc21. The second-order valence-electron chi connectivity index (χ2n) is 6.47. The van der Waals surface area contributed by atoms with Crippen molar-refractivity contribution < 1.29 is 17.9 Å². The number of aryl methyl sites for hydroxylation is 1. The predicted molar refractivity (Wildman–Crippen MR) is 97.9 cm³/mol. The van der Waals surface area contributed by atoms with Crippen molar-refractivity contribution in [3.63, 3.8) is 0 Å². The van der Waals surface area contributed by atoms with Gasteiger partial charge in [0.2, 0.25) is 15.9 Å². The van der Waals surface area contributed by atoms with Crippen LogP contribution in [0.15, 0.2) is 47.4 Å². The predicted octanol–water partition coefficient (Wildman–Crippen LogP) is 1.88. The molecule has 0 fully saturated rings. The largest absolute Gasteiger partial charge is 0.493 e. The Bertz CT molecular complexity index is 956. The average Bonchev–Trinajstić information content (AvgIpc) is 3.13. The highest BCUT2D eigenvalue weighted by Gasteiger charge is 2.24. The van der Waals surface area contributed by atoms with E-state index in [1.165, 1.54) is 6.07 Å². The van der Waals surface area contributed by atoms with Gasteiger partial charge in [0.1, 0.15) is 5.75 Å². The molecular weight excluding hydrogens is 352 g/mol. The molecule has 136 valence electrons. The maximum atomic E-state index is 12.6. The lowest BCUT2D eigenvalue weighted by molar-refractivity contribution is -0.117. The smallest absolute Gasteiger partial charge is 0.242 e. The van der Waals surface area contributed by atoms with Gasteiger partial charge in [-0.25, -0.2) is 13.1 Å². The molecule has 1 N–H and O–H groups in total. The van der Waals surface area contributed by atoms with E-state index in [0.717, 1.165) is 35.4 Å². The van der Waals surface area contributed by atoms with Crippen LogP contribution in [0.3, 0.4) is 0 Å². The lowest BCUT2D eigenvalue weighted by Gasteiger charge is -2.29. The molecule has 2 aromatic rings. The van der Waals surface area contributed by atoms with E-state index in [2.05, 4.69) is 4.72 Å². The lowest BCUT2D eigenvalue weighted by Crippen LogP contribution is -2.42. The van der Waals surface area contributed by atoms with Crippen LogP contribution >= 0.6 is 0 Å². The highest BCUT2D eigenvalue weighted by atomic mass is 32.2. The number of hydrogen-bond acceptors (Lipinski definition) is 4. The molecule has 0 atom stereocenters. The van der Waals surface area contributed by atoms with Gasteiger partial charge < -0.3 is 9.64 Å². The number of fused-ring (bicyclic) bond motifs is 2. The number of rotatable bonds is 4. The normalized spacial score (nSPS) is 15.9. The number of amides is 1. The molecule has 0 bridgehead atoms. The topological polar surface area (TPSA) is 75.7 Å². The van der Waals surface area contributed by atoms with E-state index >= 15 is 0 Å². The monoisotopic (exact) mass is 372 g/mol. The molecule has 0 unspecified atom stereocenters. The summed E-state index contributed by atoms with van der Waals surface area (Å²) in [6.07, 6.45) is 2.51. The van der Waals surface area contributed by atoms with E-state index in [-0.39, 0.29) is 17.3 Å². The van der Waals surface area contributed by atoms with Crippen molar-refractivity contribution in [1.82, 2.24) is 4.72 Å². The van der Waals surface area contributed by atoms with Crippen LogP contribution in [0, 0.1) is 0 Å². The minimum absolute atomic E-state index is 0.161. The van der Waals surface area contributed by atoms with E-state index in [4.69, 9.17) is 4.74 Å². The fraction of sp³-hybridized carbons (Fsp3) is 0.316. The van der Waals surface area contributed by atoms with Gasteiger partial charge in [0.25, 0.3) is 0 Å². The number of benzene rings is 2. The van der Waals surface area contributed by atoms with E-state index in [1.807, 2.05) is 24.3 Å². The standard InChI is InChI=1S/C19H20N2O4S/c22-19(21-10-3-5-14-4-1-2-6-17(14)21)13-20-26(23,24)16-7-8-18-15(12-16)9-11-25-18/h1-2,4,6-8,12,20H,3,5,9-11,13H2. The maximum absolute atomic E-state index is 12.6. The summed E-state index contributed by atoms with van der Waals surface area (Å²) in [5, 5.41) is 0. The Hall–Kier alpha value is -2.38. The summed E-state index contributed by atoms with van der Waals surface area (Å²) in [6.45, 7) is 0.914. The number of carbonyl (C=O) groups is 1. The van der Waals surface area contributed by atoms with Crippen molar-refractivity contribution in [2.75, 3.05) is 24.6 Å². The molecule has 0 saturated heterocycles. The molecule has 4 rings (SSSR count). The van der Waals surface area contributed by atoms with E-state index in [0.29, 0.717) is 19.6 Å². The van der Waals surface area contributed by atoms with Crippen LogP contribution in [0.1, 0.15) is 17.5 Å². The number of nitrogens with one attached hydrogen (secondary N) is 1. The Labute approximate surface area is 152 Å². The van der Waals surface area contributed by atoms with E-state index < -0.39 is 10.0 Å². The average molecular weight is 372 g/mol. The van der Waals surface area contributed by atoms with Crippen LogP contribution in [0.4, 0.5) is 5.69 Å². The van der Waals surface area contributed by atoms with Crippen molar-refractivity contribution >= 4 is 21.6 Å². The first-order chi connectivity index (χ1) is 12.5. The van der Waals surface area contributed by atoms with Crippen molar-refractivity contribution in [3.05, 3.63) is 53.6 Å². The van der Waals surface area contributed by atoms with Gasteiger partial charge in [-0.2, -0.15) is 0 Å². The molecule has 2 aliphatic rings. The second-order valence-corrected chi connectivity index (χ2v) is 8.24. The first-order valence-corrected chi connectivity index (χ1v) is 10.2. The fourth-order valence-electron chi connectivity index (χ4n) is 3.46. The fourth-order valence-corrected chi connectivity index (χ4v) is 4.48. The molecule has 2 aromatic carbocycles. The lowest BCUT2D eigenvalue weighted by atomic mass is 10.0. The van der Waals surface area contributed by atoms with Gasteiger partial charge >= 0.3 is 0 Å². The van der Waals surface area contributed by atoms with Crippen molar-refractivity contribution in [1.29, 1.82) is 0 Å². The maximum Gasteiger partial charge on any atom is 0.242 e. The van der Waals surface area contributed by atoms with Gasteiger partial charge in [-0.1, -0.05) is 18.2 Å². The Morgan fingerprint density at radius 1 is 1.12 bits per heavy atom. The van der Waals surface area contributed by atoms with Crippen LogP contribution in [0.5, 0.6) is 5.75 Å². The first-order valence-electron chi connectivity index (χ1n) is 8.68. The van der Waals surface area contributed by atoms with Crippen LogP contribution in [0.2, 0.25) is 0 Å². The summed E-state index contributed by atoms with van der Waals surface area (Å²) >= 11 is 0. The van der Waals surface area contributed by atoms with E-state index in [1.54, 1.807) is 17.0 Å². The summed E-state index contributed by atoms with van der Waals surface area (Å²) in [5.41, 5.74) is 2.87. The molecule has 0 aromatic heterocycles. The van der Waals surface area contributed by atoms with Crippen LogP contribution < -0.4 is 14.4 Å². The number of hydrogen-bond donors (Lipinski definition) is 1. The highest BCUT2D eigenvalue weighted by Crippen LogP contribution is 2.28. The number of anilines is 1. The van der Waals surface area contributed by atoms with Crippen molar-refractivity contribution in [2.24, 2.45) is 0 Å². The third-order valence-electron chi connectivity index (χ3n) is 4.80. The third-order valence-corrected chi connectivity index (χ3v) is 6.19. The Kier molecular flexibility index (Phi) is 4.42. The molecule has 7 heteroatoms. The van der Waals surface area contributed by atoms with Crippen LogP contribution in [0.25, 0.3) is 0 Å². The molecule has 6 nitrogen and oxygen atoms in total. The molecule has 1 amide bonds. The molecule has 26 heavy (non-hydrogen) atoms. The molecule has 0 radical (unpaired) electrons. The van der Waals surface area contributed by atoms with Gasteiger partial charge in [-0.05, 0) is 48.2 Å². The molecule has 2 heterocycles. The number of carbonyl (C=O) groups excluding carboxylic acids is 1. The van der Waals surface area contributed by atoms with Gasteiger partial charge in [0.05, 0.1) is 18.0 Å². The summed E-state index contributed by atoms with van der Waals surface area (Å²) in [6, 6.07) is 12.5. The number of sulfonamides is 1. The van der Waals surface area contributed by atoms with Crippen LogP contribution in [-0.4, -0.2) is 34.0 Å². The quantitative estimate of drug-likeness (QED) is 0.889. The van der Waals surface area contributed by atoms with Gasteiger partial charge in [-0.15, -0.1) is 0 Å². The van der Waals surface area contributed by atoms with Gasteiger partial charge in [-0.3, -0.25) is 4.79 Å². The molecule has 0 spiro atoms. The zero-order valence-electron chi connectivity index (χ0n) is 14.3. The van der Waals surface area contributed by atoms with Crippen LogP contribution in [-0.2, 0) is 27.7 Å².